The van der Waals surface area contributed by atoms with Crippen molar-refractivity contribution in [2.24, 2.45) is 0 Å². The van der Waals surface area contributed by atoms with E-state index in [-0.39, 0.29) is 5.56 Å². The maximum atomic E-state index is 13.0. The first kappa shape index (κ1) is 10.2. The van der Waals surface area contributed by atoms with E-state index in [1.165, 1.54) is 6.92 Å². The third kappa shape index (κ3) is 1.88. The SMILES string of the molecule is CC#Cc1cc(F)c(C(=O)O)c(F)c1. The molecule has 14 heavy (non-hydrogen) atoms. The van der Waals surface area contributed by atoms with Crippen molar-refractivity contribution in [3.63, 3.8) is 0 Å². The summed E-state index contributed by atoms with van der Waals surface area (Å²) in [4.78, 5) is 10.4. The summed E-state index contributed by atoms with van der Waals surface area (Å²) >= 11 is 0. The average molecular weight is 196 g/mol. The zero-order valence-corrected chi connectivity index (χ0v) is 7.27. The molecule has 0 fully saturated rings. The zero-order valence-electron chi connectivity index (χ0n) is 7.27. The standard InChI is InChI=1S/C10H6F2O2/c1-2-3-6-4-7(11)9(10(13)14)8(12)5-6/h4-5H,1H3,(H,13,14). The van der Waals surface area contributed by atoms with Crippen molar-refractivity contribution in [3.05, 3.63) is 34.9 Å². The Morgan fingerprint density at radius 3 is 2.21 bits per heavy atom. The Morgan fingerprint density at radius 1 is 1.36 bits per heavy atom. The summed E-state index contributed by atoms with van der Waals surface area (Å²) in [6.45, 7) is 1.51. The minimum atomic E-state index is -1.63. The first-order chi connectivity index (χ1) is 6.56. The Hall–Kier alpha value is -1.89. The lowest BCUT2D eigenvalue weighted by atomic mass is 10.1. The van der Waals surface area contributed by atoms with Gasteiger partial charge in [-0.05, 0) is 19.1 Å². The van der Waals surface area contributed by atoms with Crippen LogP contribution in [-0.2, 0) is 0 Å². The molecule has 1 aromatic rings. The van der Waals surface area contributed by atoms with Crippen molar-refractivity contribution in [1.29, 1.82) is 0 Å². The molecule has 1 N–H and O–H groups in total. The molecule has 4 heteroatoms. The number of benzene rings is 1. The van der Waals surface area contributed by atoms with Gasteiger partial charge >= 0.3 is 5.97 Å². The number of carboxylic acid groups (broad SMARTS) is 1. The van der Waals surface area contributed by atoms with E-state index >= 15 is 0 Å². The lowest BCUT2D eigenvalue weighted by Crippen LogP contribution is -2.04. The number of carbonyl (C=O) groups is 1. The van der Waals surface area contributed by atoms with Gasteiger partial charge in [-0.25, -0.2) is 13.6 Å². The Kier molecular flexibility index (Phi) is 2.82. The van der Waals surface area contributed by atoms with Crippen molar-refractivity contribution in [3.8, 4) is 11.8 Å². The highest BCUT2D eigenvalue weighted by Gasteiger charge is 2.16. The van der Waals surface area contributed by atoms with Crippen LogP contribution in [0.15, 0.2) is 12.1 Å². The predicted molar refractivity (Wildman–Crippen MR) is 45.9 cm³/mol. The van der Waals surface area contributed by atoms with E-state index in [9.17, 15) is 13.6 Å². The Bertz CT molecular complexity index is 418. The average Bonchev–Trinajstić information content (AvgIpc) is 2.01. The quantitative estimate of drug-likeness (QED) is 0.698. The molecule has 0 amide bonds. The van der Waals surface area contributed by atoms with E-state index in [1.54, 1.807) is 0 Å². The largest absolute Gasteiger partial charge is 0.477 e. The van der Waals surface area contributed by atoms with E-state index in [0.717, 1.165) is 12.1 Å². The second-order valence-corrected chi connectivity index (χ2v) is 2.50. The Morgan fingerprint density at radius 2 is 1.86 bits per heavy atom. The smallest absolute Gasteiger partial charge is 0.341 e. The van der Waals surface area contributed by atoms with Gasteiger partial charge in [0.15, 0.2) is 0 Å². The molecule has 0 saturated carbocycles. The predicted octanol–water partition coefficient (Wildman–Crippen LogP) is 2.03. The van der Waals surface area contributed by atoms with Crippen LogP contribution in [-0.4, -0.2) is 11.1 Å². The van der Waals surface area contributed by atoms with Gasteiger partial charge in [0.05, 0.1) is 0 Å². The summed E-state index contributed by atoms with van der Waals surface area (Å²) in [5.74, 6) is 1.03. The van der Waals surface area contributed by atoms with Crippen molar-refractivity contribution in [2.75, 3.05) is 0 Å². The van der Waals surface area contributed by atoms with Crippen molar-refractivity contribution < 1.29 is 18.7 Å². The van der Waals surface area contributed by atoms with E-state index in [2.05, 4.69) is 11.8 Å². The minimum absolute atomic E-state index is 0.118. The molecule has 0 saturated heterocycles. The van der Waals surface area contributed by atoms with Gasteiger partial charge in [0.25, 0.3) is 0 Å². The van der Waals surface area contributed by atoms with Crippen LogP contribution >= 0.6 is 0 Å². The van der Waals surface area contributed by atoms with Gasteiger partial charge in [0.2, 0.25) is 0 Å². The third-order valence-electron chi connectivity index (χ3n) is 1.53. The van der Waals surface area contributed by atoms with Gasteiger partial charge in [0, 0.05) is 5.56 Å². The molecule has 72 valence electrons. The molecule has 1 aromatic carbocycles. The molecule has 0 unspecified atom stereocenters. The Labute approximate surface area is 79.2 Å². The highest BCUT2D eigenvalue weighted by atomic mass is 19.1. The zero-order chi connectivity index (χ0) is 10.7. The number of rotatable bonds is 1. The number of hydrogen-bond acceptors (Lipinski definition) is 1. The minimum Gasteiger partial charge on any atom is -0.477 e. The van der Waals surface area contributed by atoms with Crippen LogP contribution in [0.3, 0.4) is 0 Å². The fourth-order valence-corrected chi connectivity index (χ4v) is 0.994. The van der Waals surface area contributed by atoms with Crippen molar-refractivity contribution in [2.45, 2.75) is 6.92 Å². The number of aromatic carboxylic acids is 1. The normalized spacial score (nSPS) is 9.07. The highest BCUT2D eigenvalue weighted by molar-refractivity contribution is 5.88. The van der Waals surface area contributed by atoms with Crippen LogP contribution in [0.1, 0.15) is 22.8 Å². The molecule has 0 aliphatic carbocycles. The molecular weight excluding hydrogens is 190 g/mol. The molecule has 0 heterocycles. The van der Waals surface area contributed by atoms with Crippen LogP contribution in [0.4, 0.5) is 8.78 Å². The second-order valence-electron chi connectivity index (χ2n) is 2.50. The molecule has 2 nitrogen and oxygen atoms in total. The summed E-state index contributed by atoms with van der Waals surface area (Å²) in [5.41, 5.74) is -0.834. The topological polar surface area (TPSA) is 37.3 Å². The lowest BCUT2D eigenvalue weighted by Gasteiger charge is -1.99. The maximum Gasteiger partial charge on any atom is 0.341 e. The molecule has 1 rings (SSSR count). The van der Waals surface area contributed by atoms with E-state index in [4.69, 9.17) is 5.11 Å². The van der Waals surface area contributed by atoms with Crippen LogP contribution < -0.4 is 0 Å². The first-order valence-corrected chi connectivity index (χ1v) is 3.71. The van der Waals surface area contributed by atoms with E-state index < -0.39 is 23.2 Å². The van der Waals surface area contributed by atoms with Gasteiger partial charge in [-0.15, -0.1) is 5.92 Å². The summed E-state index contributed by atoms with van der Waals surface area (Å²) < 4.78 is 26.0. The molecule has 0 spiro atoms. The van der Waals surface area contributed by atoms with Crippen LogP contribution in [0.2, 0.25) is 0 Å². The van der Waals surface area contributed by atoms with Gasteiger partial charge in [-0.2, -0.15) is 0 Å². The van der Waals surface area contributed by atoms with Gasteiger partial charge in [-0.3, -0.25) is 0 Å². The fraction of sp³-hybridized carbons (Fsp3) is 0.100. The van der Waals surface area contributed by atoms with Crippen molar-refractivity contribution >= 4 is 5.97 Å². The monoisotopic (exact) mass is 196 g/mol. The highest BCUT2D eigenvalue weighted by Crippen LogP contribution is 2.14. The third-order valence-corrected chi connectivity index (χ3v) is 1.53. The lowest BCUT2D eigenvalue weighted by molar-refractivity contribution is 0.0686. The number of halogens is 2. The molecule has 0 aliphatic heterocycles. The van der Waals surface area contributed by atoms with E-state index in [1.807, 2.05) is 0 Å². The number of hydrogen-bond donors (Lipinski definition) is 1. The first-order valence-electron chi connectivity index (χ1n) is 3.71. The molecule has 0 radical (unpaired) electrons. The molecule has 0 aliphatic rings. The summed E-state index contributed by atoms with van der Waals surface area (Å²) in [7, 11) is 0. The van der Waals surface area contributed by atoms with Crippen LogP contribution in [0.5, 0.6) is 0 Å². The number of carboxylic acids is 1. The van der Waals surface area contributed by atoms with Crippen LogP contribution in [0, 0.1) is 23.5 Å². The van der Waals surface area contributed by atoms with Gasteiger partial charge in [0.1, 0.15) is 17.2 Å². The molecule has 0 aromatic heterocycles. The van der Waals surface area contributed by atoms with Crippen LogP contribution in [0.25, 0.3) is 0 Å². The molecular formula is C10H6F2O2. The Balaban J connectivity index is 3.37. The molecule has 0 atom stereocenters. The summed E-state index contributed by atoms with van der Waals surface area (Å²) in [6.07, 6.45) is 0. The fourth-order valence-electron chi connectivity index (χ4n) is 0.994. The second kappa shape index (κ2) is 3.88. The maximum absolute atomic E-state index is 13.0. The van der Waals surface area contributed by atoms with E-state index in [0.29, 0.717) is 0 Å². The van der Waals surface area contributed by atoms with Gasteiger partial charge in [-0.1, -0.05) is 5.92 Å². The van der Waals surface area contributed by atoms with Crippen molar-refractivity contribution in [1.82, 2.24) is 0 Å². The molecule has 0 bridgehead atoms. The summed E-state index contributed by atoms with van der Waals surface area (Å²) in [5, 5.41) is 8.45. The van der Waals surface area contributed by atoms with Gasteiger partial charge < -0.3 is 5.11 Å². The summed E-state index contributed by atoms with van der Waals surface area (Å²) in [6, 6.07) is 1.78.